The zero-order valence-electron chi connectivity index (χ0n) is 15.9. The normalized spacial score (nSPS) is 15.7. The van der Waals surface area contributed by atoms with Crippen LogP contribution in [0.25, 0.3) is 0 Å². The molecule has 0 amide bonds. The molecule has 0 spiro atoms. The first-order valence-electron chi connectivity index (χ1n) is 9.14. The lowest BCUT2D eigenvalue weighted by molar-refractivity contribution is 0.226. The summed E-state index contributed by atoms with van der Waals surface area (Å²) < 4.78 is 7.58. The van der Waals surface area contributed by atoms with Gasteiger partial charge in [0.2, 0.25) is 0 Å². The summed E-state index contributed by atoms with van der Waals surface area (Å²) in [6.45, 7) is 10.6. The van der Waals surface area contributed by atoms with Crippen LogP contribution in [0.4, 0.5) is 5.82 Å². The standard InChI is InChI=1S/C18H27ClN6O/c1-5-15-14(16(19)23(4)22-15)12-24-8-10-25(11-9-24)17-18(26-13(2)3)21-7-6-20-17/h6-7,13H,5,8-12H2,1-4H3. The summed E-state index contributed by atoms with van der Waals surface area (Å²) >= 11 is 6.43. The molecule has 0 N–H and O–H groups in total. The zero-order chi connectivity index (χ0) is 18.7. The molecule has 8 heteroatoms. The van der Waals surface area contributed by atoms with Gasteiger partial charge >= 0.3 is 0 Å². The van der Waals surface area contributed by atoms with E-state index in [1.807, 2.05) is 20.9 Å². The van der Waals surface area contributed by atoms with E-state index in [9.17, 15) is 0 Å². The molecule has 1 fully saturated rings. The van der Waals surface area contributed by atoms with Crippen molar-refractivity contribution in [1.82, 2.24) is 24.6 Å². The van der Waals surface area contributed by atoms with Gasteiger partial charge in [-0.05, 0) is 20.3 Å². The van der Waals surface area contributed by atoms with E-state index in [4.69, 9.17) is 16.3 Å². The predicted molar refractivity (Wildman–Crippen MR) is 103 cm³/mol. The lowest BCUT2D eigenvalue weighted by atomic mass is 10.2. The molecule has 7 nitrogen and oxygen atoms in total. The summed E-state index contributed by atoms with van der Waals surface area (Å²) in [6, 6.07) is 0. The average Bonchev–Trinajstić information content (AvgIpc) is 2.90. The molecule has 0 bridgehead atoms. The van der Waals surface area contributed by atoms with Gasteiger partial charge in [0.25, 0.3) is 5.88 Å². The highest BCUT2D eigenvalue weighted by Crippen LogP contribution is 2.26. The van der Waals surface area contributed by atoms with Gasteiger partial charge in [0.05, 0.1) is 11.8 Å². The minimum atomic E-state index is 0.0759. The quantitative estimate of drug-likeness (QED) is 0.769. The van der Waals surface area contributed by atoms with Crippen LogP contribution in [-0.2, 0) is 20.0 Å². The minimum absolute atomic E-state index is 0.0759. The third kappa shape index (κ3) is 4.10. The second-order valence-electron chi connectivity index (χ2n) is 6.81. The first-order valence-corrected chi connectivity index (χ1v) is 9.52. The number of piperazine rings is 1. The molecule has 0 saturated carbocycles. The molecule has 3 rings (SSSR count). The van der Waals surface area contributed by atoms with Gasteiger partial charge < -0.3 is 9.64 Å². The predicted octanol–water partition coefficient (Wildman–Crippen LogP) is 2.54. The van der Waals surface area contributed by atoms with Crippen LogP contribution in [0, 0.1) is 0 Å². The summed E-state index contributed by atoms with van der Waals surface area (Å²) in [7, 11) is 1.90. The molecule has 0 atom stereocenters. The van der Waals surface area contributed by atoms with Crippen molar-refractivity contribution in [3.63, 3.8) is 0 Å². The molecular weight excluding hydrogens is 352 g/mol. The van der Waals surface area contributed by atoms with Crippen LogP contribution in [-0.4, -0.2) is 56.9 Å². The van der Waals surface area contributed by atoms with Crippen molar-refractivity contribution in [3.05, 3.63) is 28.8 Å². The summed E-state index contributed by atoms with van der Waals surface area (Å²) in [4.78, 5) is 13.5. The fourth-order valence-electron chi connectivity index (χ4n) is 3.22. The Bertz CT molecular complexity index is 739. The Morgan fingerprint density at radius 3 is 2.50 bits per heavy atom. The van der Waals surface area contributed by atoms with E-state index < -0.39 is 0 Å². The fourth-order valence-corrected chi connectivity index (χ4v) is 3.43. The van der Waals surface area contributed by atoms with Crippen molar-refractivity contribution in [2.75, 3.05) is 31.1 Å². The van der Waals surface area contributed by atoms with Gasteiger partial charge in [-0.2, -0.15) is 5.10 Å². The molecule has 142 valence electrons. The summed E-state index contributed by atoms with van der Waals surface area (Å²) in [5.41, 5.74) is 2.23. The van der Waals surface area contributed by atoms with Crippen LogP contribution in [0.3, 0.4) is 0 Å². The molecule has 1 aliphatic heterocycles. The van der Waals surface area contributed by atoms with Crippen molar-refractivity contribution in [3.8, 4) is 5.88 Å². The van der Waals surface area contributed by atoms with Crippen molar-refractivity contribution in [1.29, 1.82) is 0 Å². The first-order chi connectivity index (χ1) is 12.5. The third-order valence-electron chi connectivity index (χ3n) is 4.53. The van der Waals surface area contributed by atoms with Gasteiger partial charge in [-0.25, -0.2) is 9.97 Å². The largest absolute Gasteiger partial charge is 0.472 e. The van der Waals surface area contributed by atoms with Crippen molar-refractivity contribution < 1.29 is 4.74 Å². The fraction of sp³-hybridized carbons (Fsp3) is 0.611. The first kappa shape index (κ1) is 18.9. The van der Waals surface area contributed by atoms with Crippen LogP contribution in [0.15, 0.2) is 12.4 Å². The molecule has 0 radical (unpaired) electrons. The molecule has 0 aliphatic carbocycles. The zero-order valence-corrected chi connectivity index (χ0v) is 16.7. The summed E-state index contributed by atoms with van der Waals surface area (Å²) in [5.74, 6) is 1.44. The van der Waals surface area contributed by atoms with Crippen LogP contribution >= 0.6 is 11.6 Å². The van der Waals surface area contributed by atoms with E-state index in [1.54, 1.807) is 17.1 Å². The molecular formula is C18H27ClN6O. The molecule has 0 unspecified atom stereocenters. The number of aryl methyl sites for hydroxylation is 2. The van der Waals surface area contributed by atoms with E-state index in [-0.39, 0.29) is 6.10 Å². The number of anilines is 1. The Kier molecular flexibility index (Phi) is 5.98. The van der Waals surface area contributed by atoms with Crippen LogP contribution < -0.4 is 9.64 Å². The topological polar surface area (TPSA) is 59.3 Å². The average molecular weight is 379 g/mol. The lowest BCUT2D eigenvalue weighted by Gasteiger charge is -2.35. The van der Waals surface area contributed by atoms with E-state index >= 15 is 0 Å². The Hall–Kier alpha value is -1.86. The molecule has 2 aromatic heterocycles. The van der Waals surface area contributed by atoms with Crippen molar-refractivity contribution in [2.45, 2.75) is 39.8 Å². The number of aromatic nitrogens is 4. The van der Waals surface area contributed by atoms with E-state index in [0.29, 0.717) is 5.88 Å². The number of ether oxygens (including phenoxy) is 1. The van der Waals surface area contributed by atoms with E-state index in [2.05, 4.69) is 31.8 Å². The second-order valence-corrected chi connectivity index (χ2v) is 7.17. The van der Waals surface area contributed by atoms with Gasteiger partial charge in [0.15, 0.2) is 5.82 Å². The maximum absolute atomic E-state index is 6.43. The highest BCUT2D eigenvalue weighted by molar-refractivity contribution is 6.30. The van der Waals surface area contributed by atoms with E-state index in [0.717, 1.165) is 61.4 Å². The Morgan fingerprint density at radius 1 is 1.15 bits per heavy atom. The molecule has 26 heavy (non-hydrogen) atoms. The number of nitrogens with zero attached hydrogens (tertiary/aromatic N) is 6. The van der Waals surface area contributed by atoms with Crippen LogP contribution in [0.1, 0.15) is 32.0 Å². The van der Waals surface area contributed by atoms with Crippen LogP contribution in [0.2, 0.25) is 5.15 Å². The molecule has 0 aromatic carbocycles. The molecule has 2 aromatic rings. The number of rotatable bonds is 6. The molecule has 1 aliphatic rings. The Labute approximate surface area is 159 Å². The van der Waals surface area contributed by atoms with Crippen molar-refractivity contribution >= 4 is 17.4 Å². The SMILES string of the molecule is CCc1nn(C)c(Cl)c1CN1CCN(c2nccnc2OC(C)C)CC1. The monoisotopic (exact) mass is 378 g/mol. The minimum Gasteiger partial charge on any atom is -0.472 e. The number of hydrogen-bond donors (Lipinski definition) is 0. The maximum atomic E-state index is 6.43. The van der Waals surface area contributed by atoms with Gasteiger partial charge in [0.1, 0.15) is 5.15 Å². The van der Waals surface area contributed by atoms with Gasteiger partial charge in [0, 0.05) is 57.7 Å². The van der Waals surface area contributed by atoms with Crippen molar-refractivity contribution in [2.24, 2.45) is 7.05 Å². The van der Waals surface area contributed by atoms with Gasteiger partial charge in [-0.3, -0.25) is 9.58 Å². The van der Waals surface area contributed by atoms with Gasteiger partial charge in [-0.15, -0.1) is 0 Å². The lowest BCUT2D eigenvalue weighted by Crippen LogP contribution is -2.46. The highest BCUT2D eigenvalue weighted by Gasteiger charge is 2.24. The van der Waals surface area contributed by atoms with E-state index in [1.165, 1.54) is 0 Å². The van der Waals surface area contributed by atoms with Gasteiger partial charge in [-0.1, -0.05) is 18.5 Å². The Balaban J connectivity index is 1.65. The van der Waals surface area contributed by atoms with Crippen LogP contribution in [0.5, 0.6) is 5.88 Å². The Morgan fingerprint density at radius 2 is 1.85 bits per heavy atom. The highest BCUT2D eigenvalue weighted by atomic mass is 35.5. The third-order valence-corrected chi connectivity index (χ3v) is 5.01. The summed E-state index contributed by atoms with van der Waals surface area (Å²) in [6.07, 6.45) is 4.36. The summed E-state index contributed by atoms with van der Waals surface area (Å²) in [5, 5.41) is 5.25. The maximum Gasteiger partial charge on any atom is 0.257 e. The number of halogens is 1. The smallest absolute Gasteiger partial charge is 0.257 e. The second kappa shape index (κ2) is 8.22. The molecule has 1 saturated heterocycles. The number of hydrogen-bond acceptors (Lipinski definition) is 6. The molecule has 3 heterocycles.